The molecular formula is C16H26N2O. The van der Waals surface area contributed by atoms with Crippen molar-refractivity contribution in [1.82, 2.24) is 10.2 Å². The van der Waals surface area contributed by atoms with E-state index in [9.17, 15) is 0 Å². The Kier molecular flexibility index (Phi) is 5.65. The number of rotatable bonds is 6. The summed E-state index contributed by atoms with van der Waals surface area (Å²) in [7, 11) is 0. The zero-order chi connectivity index (χ0) is 14.5. The summed E-state index contributed by atoms with van der Waals surface area (Å²) in [6.07, 6.45) is 5.36. The lowest BCUT2D eigenvalue weighted by Crippen LogP contribution is -2.35. The second kappa shape index (κ2) is 6.79. The summed E-state index contributed by atoms with van der Waals surface area (Å²) >= 11 is 0. The molecule has 0 atom stereocenters. The van der Waals surface area contributed by atoms with Gasteiger partial charge in [-0.3, -0.25) is 4.90 Å². The molecule has 1 N–H and O–H groups in total. The van der Waals surface area contributed by atoms with Gasteiger partial charge < -0.3 is 9.73 Å². The number of aryl methyl sites for hydroxylation is 1. The monoisotopic (exact) mass is 262 g/mol. The van der Waals surface area contributed by atoms with Gasteiger partial charge in [-0.25, -0.2) is 0 Å². The van der Waals surface area contributed by atoms with Crippen molar-refractivity contribution in [2.75, 3.05) is 13.1 Å². The Bertz CT molecular complexity index is 435. The van der Waals surface area contributed by atoms with Gasteiger partial charge in [0.1, 0.15) is 11.5 Å². The standard InChI is InChI=1S/C16H26N2O/c1-7-9-18(8-2)12-14-10-13(3)15(19-14)11-17-16(4,5)6/h1,10,17H,8-9,11-12H2,2-6H3. The maximum absolute atomic E-state index is 5.92. The van der Waals surface area contributed by atoms with Crippen molar-refractivity contribution >= 4 is 0 Å². The number of nitrogens with zero attached hydrogens (tertiary/aromatic N) is 1. The average molecular weight is 262 g/mol. The molecular weight excluding hydrogens is 236 g/mol. The first-order valence-electron chi connectivity index (χ1n) is 6.84. The summed E-state index contributed by atoms with van der Waals surface area (Å²) in [5.74, 6) is 4.68. The molecule has 3 nitrogen and oxygen atoms in total. The zero-order valence-corrected chi connectivity index (χ0v) is 12.8. The van der Waals surface area contributed by atoms with Crippen LogP contribution in [0.15, 0.2) is 10.5 Å². The van der Waals surface area contributed by atoms with Crippen LogP contribution in [0.1, 0.15) is 44.8 Å². The van der Waals surface area contributed by atoms with E-state index in [2.05, 4.69) is 56.8 Å². The molecule has 0 spiro atoms. The third-order valence-corrected chi connectivity index (χ3v) is 2.99. The maximum Gasteiger partial charge on any atom is 0.120 e. The highest BCUT2D eigenvalue weighted by Gasteiger charge is 2.14. The first-order chi connectivity index (χ1) is 8.85. The summed E-state index contributed by atoms with van der Waals surface area (Å²) in [5, 5.41) is 3.45. The van der Waals surface area contributed by atoms with Crippen LogP contribution in [0.3, 0.4) is 0 Å². The van der Waals surface area contributed by atoms with Gasteiger partial charge in [0.2, 0.25) is 0 Å². The SMILES string of the molecule is C#CCN(CC)Cc1cc(C)c(CNC(C)(C)C)o1. The lowest BCUT2D eigenvalue weighted by Gasteiger charge is -2.19. The highest BCUT2D eigenvalue weighted by molar-refractivity contribution is 5.20. The highest BCUT2D eigenvalue weighted by atomic mass is 16.3. The van der Waals surface area contributed by atoms with E-state index in [0.717, 1.165) is 31.2 Å². The van der Waals surface area contributed by atoms with Crippen LogP contribution in [0.5, 0.6) is 0 Å². The predicted molar refractivity (Wildman–Crippen MR) is 79.8 cm³/mol. The van der Waals surface area contributed by atoms with Crippen molar-refractivity contribution in [3.8, 4) is 12.3 Å². The molecule has 0 saturated carbocycles. The van der Waals surface area contributed by atoms with Gasteiger partial charge in [0, 0.05) is 5.54 Å². The van der Waals surface area contributed by atoms with Crippen molar-refractivity contribution in [3.05, 3.63) is 23.2 Å². The molecule has 0 aliphatic rings. The fraction of sp³-hybridized carbons (Fsp3) is 0.625. The Labute approximate surface area is 117 Å². The first-order valence-corrected chi connectivity index (χ1v) is 6.84. The number of terminal acetylenes is 1. The zero-order valence-electron chi connectivity index (χ0n) is 12.8. The molecule has 0 bridgehead atoms. The van der Waals surface area contributed by atoms with Gasteiger partial charge in [-0.1, -0.05) is 12.8 Å². The largest absolute Gasteiger partial charge is 0.463 e. The topological polar surface area (TPSA) is 28.4 Å². The van der Waals surface area contributed by atoms with Gasteiger partial charge >= 0.3 is 0 Å². The molecule has 1 aromatic rings. The van der Waals surface area contributed by atoms with Crippen LogP contribution < -0.4 is 5.32 Å². The Hall–Kier alpha value is -1.24. The van der Waals surface area contributed by atoms with E-state index < -0.39 is 0 Å². The van der Waals surface area contributed by atoms with Crippen LogP contribution in [0.25, 0.3) is 0 Å². The molecule has 0 radical (unpaired) electrons. The van der Waals surface area contributed by atoms with Gasteiger partial charge in [-0.05, 0) is 45.9 Å². The Morgan fingerprint density at radius 3 is 2.63 bits per heavy atom. The molecule has 0 aliphatic heterocycles. The minimum atomic E-state index is 0.0956. The number of nitrogens with one attached hydrogen (secondary N) is 1. The molecule has 0 aromatic carbocycles. The number of furan rings is 1. The fourth-order valence-corrected chi connectivity index (χ4v) is 1.82. The van der Waals surface area contributed by atoms with E-state index in [1.807, 2.05) is 0 Å². The molecule has 0 unspecified atom stereocenters. The van der Waals surface area contributed by atoms with E-state index in [-0.39, 0.29) is 5.54 Å². The molecule has 0 saturated heterocycles. The summed E-state index contributed by atoms with van der Waals surface area (Å²) in [6, 6.07) is 2.11. The van der Waals surface area contributed by atoms with Gasteiger partial charge in [0.15, 0.2) is 0 Å². The van der Waals surface area contributed by atoms with Crippen LogP contribution in [-0.4, -0.2) is 23.5 Å². The molecule has 3 heteroatoms. The van der Waals surface area contributed by atoms with E-state index in [1.54, 1.807) is 0 Å². The molecule has 0 aliphatic carbocycles. The second-order valence-corrected chi connectivity index (χ2v) is 5.93. The van der Waals surface area contributed by atoms with E-state index in [4.69, 9.17) is 10.8 Å². The summed E-state index contributed by atoms with van der Waals surface area (Å²) < 4.78 is 5.92. The van der Waals surface area contributed by atoms with Crippen LogP contribution in [0, 0.1) is 19.3 Å². The van der Waals surface area contributed by atoms with Crippen molar-refractivity contribution in [2.24, 2.45) is 0 Å². The first kappa shape index (κ1) is 15.8. The Balaban J connectivity index is 2.66. The molecule has 0 fully saturated rings. The molecule has 106 valence electrons. The van der Waals surface area contributed by atoms with Crippen molar-refractivity contribution in [3.63, 3.8) is 0 Å². The number of hydrogen-bond donors (Lipinski definition) is 1. The van der Waals surface area contributed by atoms with Gasteiger partial charge in [-0.15, -0.1) is 6.42 Å². The third-order valence-electron chi connectivity index (χ3n) is 2.99. The fourth-order valence-electron chi connectivity index (χ4n) is 1.82. The van der Waals surface area contributed by atoms with E-state index in [1.165, 1.54) is 5.56 Å². The van der Waals surface area contributed by atoms with Crippen molar-refractivity contribution in [2.45, 2.75) is 53.2 Å². The van der Waals surface area contributed by atoms with Crippen molar-refractivity contribution in [1.29, 1.82) is 0 Å². The van der Waals surface area contributed by atoms with Gasteiger partial charge in [0.05, 0.1) is 19.6 Å². The normalized spacial score (nSPS) is 11.8. The molecule has 0 amide bonds. The molecule has 1 aromatic heterocycles. The summed E-state index contributed by atoms with van der Waals surface area (Å²) in [5.41, 5.74) is 1.29. The number of hydrogen-bond acceptors (Lipinski definition) is 3. The Morgan fingerprint density at radius 2 is 2.11 bits per heavy atom. The highest BCUT2D eigenvalue weighted by Crippen LogP contribution is 2.17. The van der Waals surface area contributed by atoms with Crippen LogP contribution in [0.2, 0.25) is 0 Å². The van der Waals surface area contributed by atoms with E-state index >= 15 is 0 Å². The lowest BCUT2D eigenvalue weighted by atomic mass is 10.1. The second-order valence-electron chi connectivity index (χ2n) is 5.93. The Morgan fingerprint density at radius 1 is 1.42 bits per heavy atom. The van der Waals surface area contributed by atoms with Gasteiger partial charge in [-0.2, -0.15) is 0 Å². The minimum absolute atomic E-state index is 0.0956. The molecule has 19 heavy (non-hydrogen) atoms. The summed E-state index contributed by atoms with van der Waals surface area (Å²) in [6.45, 7) is 13.8. The molecule has 1 rings (SSSR count). The lowest BCUT2D eigenvalue weighted by molar-refractivity contribution is 0.278. The quantitative estimate of drug-likeness (QED) is 0.799. The van der Waals surface area contributed by atoms with Crippen LogP contribution in [0.4, 0.5) is 0 Å². The third kappa shape index (κ3) is 5.50. The average Bonchev–Trinajstić information content (AvgIpc) is 2.65. The predicted octanol–water partition coefficient (Wildman–Crippen LogP) is 2.93. The van der Waals surface area contributed by atoms with Gasteiger partial charge in [0.25, 0.3) is 0 Å². The smallest absolute Gasteiger partial charge is 0.120 e. The van der Waals surface area contributed by atoms with Crippen LogP contribution >= 0.6 is 0 Å². The van der Waals surface area contributed by atoms with Crippen LogP contribution in [-0.2, 0) is 13.1 Å². The minimum Gasteiger partial charge on any atom is -0.463 e. The molecule has 1 heterocycles. The maximum atomic E-state index is 5.92. The van der Waals surface area contributed by atoms with E-state index in [0.29, 0.717) is 6.54 Å². The van der Waals surface area contributed by atoms with Crippen molar-refractivity contribution < 1.29 is 4.42 Å². The summed E-state index contributed by atoms with van der Waals surface area (Å²) in [4.78, 5) is 2.18.